The number of thioether (sulfide) groups is 1. The minimum absolute atomic E-state index is 0.228. The molecule has 0 bridgehead atoms. The van der Waals surface area contributed by atoms with E-state index in [0.717, 1.165) is 30.4 Å². The lowest BCUT2D eigenvalue weighted by atomic mass is 10.1. The zero-order chi connectivity index (χ0) is 16.6. The third-order valence-corrected chi connectivity index (χ3v) is 5.23. The summed E-state index contributed by atoms with van der Waals surface area (Å²) in [5.41, 5.74) is 1.97. The molecule has 1 saturated heterocycles. The van der Waals surface area contributed by atoms with Gasteiger partial charge in [0.2, 0.25) is 0 Å². The van der Waals surface area contributed by atoms with Crippen molar-refractivity contribution in [3.63, 3.8) is 0 Å². The smallest absolute Gasteiger partial charge is 0.410 e. The highest BCUT2D eigenvalue weighted by Crippen LogP contribution is 2.44. The highest BCUT2D eigenvalue weighted by Gasteiger charge is 2.30. The summed E-state index contributed by atoms with van der Waals surface area (Å²) in [5.74, 6) is 2.00. The Morgan fingerprint density at radius 2 is 1.96 bits per heavy atom. The quantitative estimate of drug-likeness (QED) is 0.786. The van der Waals surface area contributed by atoms with E-state index < -0.39 is 5.60 Å². The van der Waals surface area contributed by atoms with Crippen LogP contribution in [0.25, 0.3) is 0 Å². The number of fused-ring (bicyclic) bond motifs is 1. The lowest BCUT2D eigenvalue weighted by molar-refractivity contribution is 0.0240. The highest BCUT2D eigenvalue weighted by atomic mass is 32.2. The first-order valence-electron chi connectivity index (χ1n) is 8.03. The molecule has 126 valence electrons. The van der Waals surface area contributed by atoms with Crippen LogP contribution in [0.1, 0.15) is 44.2 Å². The topological polar surface area (TPSA) is 58.6 Å². The molecular weight excluding hydrogens is 312 g/mol. The molecule has 3 heterocycles. The van der Waals surface area contributed by atoms with Gasteiger partial charge in [-0.05, 0) is 27.7 Å². The van der Waals surface area contributed by atoms with Crippen LogP contribution in [0, 0.1) is 0 Å². The third kappa shape index (κ3) is 3.54. The number of aromatic nitrogens is 2. The van der Waals surface area contributed by atoms with E-state index in [1.165, 1.54) is 5.56 Å². The average molecular weight is 336 g/mol. The number of anilines is 1. The Labute approximate surface area is 141 Å². The van der Waals surface area contributed by atoms with Gasteiger partial charge in [0.15, 0.2) is 0 Å². The Morgan fingerprint density at radius 1 is 1.26 bits per heavy atom. The average Bonchev–Trinajstić information content (AvgIpc) is 2.87. The van der Waals surface area contributed by atoms with Crippen molar-refractivity contribution >= 4 is 23.7 Å². The standard InChI is InChI=1S/C16H24N4O2S/c1-11-13-12(9-23-11)17-10-18-14(13)19-5-7-20(8-6-19)15(21)22-16(2,3)4/h10-11H,5-9H2,1-4H3/t11-/m0/s1. The first kappa shape index (κ1) is 16.4. The van der Waals surface area contributed by atoms with Gasteiger partial charge in [-0.3, -0.25) is 0 Å². The third-order valence-electron chi connectivity index (χ3n) is 4.05. The summed E-state index contributed by atoms with van der Waals surface area (Å²) in [6.45, 7) is 10.8. The Balaban J connectivity index is 1.67. The maximum absolute atomic E-state index is 12.2. The van der Waals surface area contributed by atoms with Gasteiger partial charge >= 0.3 is 6.09 Å². The summed E-state index contributed by atoms with van der Waals surface area (Å²) in [7, 11) is 0. The first-order chi connectivity index (χ1) is 10.8. The molecule has 1 atom stereocenters. The maximum Gasteiger partial charge on any atom is 0.410 e. The van der Waals surface area contributed by atoms with Crippen LogP contribution in [-0.4, -0.2) is 52.7 Å². The van der Waals surface area contributed by atoms with Crippen LogP contribution in [0.3, 0.4) is 0 Å². The fourth-order valence-electron chi connectivity index (χ4n) is 2.92. The minimum atomic E-state index is -0.450. The van der Waals surface area contributed by atoms with Gasteiger partial charge < -0.3 is 14.5 Å². The van der Waals surface area contributed by atoms with Crippen molar-refractivity contribution in [2.75, 3.05) is 31.1 Å². The molecule has 0 aliphatic carbocycles. The second kappa shape index (κ2) is 6.19. The summed E-state index contributed by atoms with van der Waals surface area (Å²) in [6, 6.07) is 0. The van der Waals surface area contributed by atoms with Crippen molar-refractivity contribution in [1.82, 2.24) is 14.9 Å². The van der Waals surface area contributed by atoms with Gasteiger partial charge in [0, 0.05) is 42.7 Å². The van der Waals surface area contributed by atoms with E-state index in [4.69, 9.17) is 4.74 Å². The molecule has 1 aromatic rings. The summed E-state index contributed by atoms with van der Waals surface area (Å²) < 4.78 is 5.45. The molecule has 2 aliphatic heterocycles. The predicted molar refractivity (Wildman–Crippen MR) is 91.8 cm³/mol. The van der Waals surface area contributed by atoms with Crippen LogP contribution in [0.2, 0.25) is 0 Å². The monoisotopic (exact) mass is 336 g/mol. The van der Waals surface area contributed by atoms with E-state index in [1.807, 2.05) is 32.5 Å². The molecule has 0 aromatic carbocycles. The van der Waals surface area contributed by atoms with Crippen LogP contribution in [0.4, 0.5) is 10.6 Å². The van der Waals surface area contributed by atoms with Gasteiger partial charge in [-0.25, -0.2) is 14.8 Å². The van der Waals surface area contributed by atoms with E-state index in [2.05, 4.69) is 21.8 Å². The number of rotatable bonds is 1. The van der Waals surface area contributed by atoms with Crippen molar-refractivity contribution in [3.8, 4) is 0 Å². The van der Waals surface area contributed by atoms with E-state index >= 15 is 0 Å². The van der Waals surface area contributed by atoms with Crippen molar-refractivity contribution in [1.29, 1.82) is 0 Å². The second-order valence-electron chi connectivity index (χ2n) is 6.97. The van der Waals surface area contributed by atoms with E-state index in [0.29, 0.717) is 18.3 Å². The molecule has 0 spiro atoms. The van der Waals surface area contributed by atoms with Gasteiger partial charge in [-0.2, -0.15) is 0 Å². The summed E-state index contributed by atoms with van der Waals surface area (Å²) in [4.78, 5) is 25.1. The molecule has 1 aromatic heterocycles. The predicted octanol–water partition coefficient (Wildman–Crippen LogP) is 2.84. The number of hydrogen-bond donors (Lipinski definition) is 0. The van der Waals surface area contributed by atoms with Gasteiger partial charge in [0.05, 0.1) is 5.69 Å². The zero-order valence-electron chi connectivity index (χ0n) is 14.2. The van der Waals surface area contributed by atoms with Gasteiger partial charge in [-0.1, -0.05) is 0 Å². The molecule has 0 saturated carbocycles. The van der Waals surface area contributed by atoms with E-state index in [1.54, 1.807) is 11.2 Å². The first-order valence-corrected chi connectivity index (χ1v) is 9.08. The second-order valence-corrected chi connectivity index (χ2v) is 8.29. The van der Waals surface area contributed by atoms with Crippen molar-refractivity contribution < 1.29 is 9.53 Å². The zero-order valence-corrected chi connectivity index (χ0v) is 15.0. The molecule has 7 heteroatoms. The molecule has 0 N–H and O–H groups in total. The largest absolute Gasteiger partial charge is 0.444 e. The molecule has 23 heavy (non-hydrogen) atoms. The molecule has 0 radical (unpaired) electrons. The van der Waals surface area contributed by atoms with Crippen LogP contribution in [0.5, 0.6) is 0 Å². The normalized spacial score (nSPS) is 21.3. The fraction of sp³-hybridized carbons (Fsp3) is 0.688. The molecular formula is C16H24N4O2S. The lowest BCUT2D eigenvalue weighted by Gasteiger charge is -2.36. The van der Waals surface area contributed by atoms with Gasteiger partial charge in [-0.15, -0.1) is 11.8 Å². The SMILES string of the molecule is C[C@@H]1SCc2ncnc(N3CCN(C(=O)OC(C)(C)C)CC3)c21. The number of hydrogen-bond acceptors (Lipinski definition) is 6. The summed E-state index contributed by atoms with van der Waals surface area (Å²) in [6.07, 6.45) is 1.43. The number of amides is 1. The summed E-state index contributed by atoms with van der Waals surface area (Å²) >= 11 is 1.90. The Bertz CT molecular complexity index is 594. The highest BCUT2D eigenvalue weighted by molar-refractivity contribution is 7.99. The number of carbonyl (C=O) groups is 1. The van der Waals surface area contributed by atoms with Crippen molar-refractivity contribution in [2.24, 2.45) is 0 Å². The molecule has 1 amide bonds. The van der Waals surface area contributed by atoms with Gasteiger partial charge in [0.25, 0.3) is 0 Å². The number of carbonyl (C=O) groups excluding carboxylic acids is 1. The van der Waals surface area contributed by atoms with Crippen molar-refractivity contribution in [2.45, 2.75) is 44.3 Å². The number of ether oxygens (including phenoxy) is 1. The Hall–Kier alpha value is -1.50. The number of piperazine rings is 1. The van der Waals surface area contributed by atoms with Crippen LogP contribution >= 0.6 is 11.8 Å². The molecule has 6 nitrogen and oxygen atoms in total. The molecule has 3 rings (SSSR count). The lowest BCUT2D eigenvalue weighted by Crippen LogP contribution is -2.50. The fourth-order valence-corrected chi connectivity index (χ4v) is 3.97. The molecule has 2 aliphatic rings. The Kier molecular flexibility index (Phi) is 4.40. The van der Waals surface area contributed by atoms with Gasteiger partial charge in [0.1, 0.15) is 17.7 Å². The Morgan fingerprint density at radius 3 is 2.61 bits per heavy atom. The maximum atomic E-state index is 12.2. The van der Waals surface area contributed by atoms with Crippen molar-refractivity contribution in [3.05, 3.63) is 17.6 Å². The van der Waals surface area contributed by atoms with Crippen LogP contribution < -0.4 is 4.90 Å². The minimum Gasteiger partial charge on any atom is -0.444 e. The van der Waals surface area contributed by atoms with E-state index in [-0.39, 0.29) is 6.09 Å². The number of nitrogens with zero attached hydrogens (tertiary/aromatic N) is 4. The van der Waals surface area contributed by atoms with E-state index in [9.17, 15) is 4.79 Å². The van der Waals surface area contributed by atoms with Crippen LogP contribution in [0.15, 0.2) is 6.33 Å². The summed E-state index contributed by atoms with van der Waals surface area (Å²) in [5, 5.41) is 0.435. The van der Waals surface area contributed by atoms with Crippen LogP contribution in [-0.2, 0) is 10.5 Å². The molecule has 0 unspecified atom stereocenters. The molecule has 1 fully saturated rings.